The van der Waals surface area contributed by atoms with Crippen LogP contribution in [0.25, 0.3) is 0 Å². The Kier molecular flexibility index (Phi) is 3.85. The molecule has 1 aromatic carbocycles. The fraction of sp³-hybridized carbons (Fsp3) is 0.273. The van der Waals surface area contributed by atoms with Gasteiger partial charge < -0.3 is 10.4 Å². The number of rotatable bonds is 4. The summed E-state index contributed by atoms with van der Waals surface area (Å²) in [7, 11) is 0. The summed E-state index contributed by atoms with van der Waals surface area (Å²) < 4.78 is 0. The Hall–Kier alpha value is -1.84. The second-order valence-corrected chi connectivity index (χ2v) is 3.13. The van der Waals surface area contributed by atoms with Gasteiger partial charge in [0.2, 0.25) is 0 Å². The summed E-state index contributed by atoms with van der Waals surface area (Å²) in [6.45, 7) is 1.64. The van der Waals surface area contributed by atoms with E-state index in [1.54, 1.807) is 18.2 Å². The van der Waals surface area contributed by atoms with E-state index < -0.39 is 5.97 Å². The van der Waals surface area contributed by atoms with Gasteiger partial charge in [-0.3, -0.25) is 9.59 Å². The maximum atomic E-state index is 11.4. The summed E-state index contributed by atoms with van der Waals surface area (Å²) in [5.74, 6) is -1.40. The van der Waals surface area contributed by atoms with Crippen LogP contribution >= 0.6 is 0 Å². The molecule has 0 saturated carbocycles. The number of nitrogens with one attached hydrogen (secondary N) is 1. The number of carboxylic acid groups (broad SMARTS) is 1. The van der Waals surface area contributed by atoms with Crippen LogP contribution in [-0.2, 0) is 11.2 Å². The Morgan fingerprint density at radius 3 is 2.73 bits per heavy atom. The van der Waals surface area contributed by atoms with Crippen LogP contribution in [0.2, 0.25) is 0 Å². The van der Waals surface area contributed by atoms with Crippen molar-refractivity contribution < 1.29 is 14.7 Å². The highest BCUT2D eigenvalue weighted by molar-refractivity contribution is 5.95. The summed E-state index contributed by atoms with van der Waals surface area (Å²) >= 11 is 0. The fourth-order valence-corrected chi connectivity index (χ4v) is 1.19. The Bertz CT molecular complexity index is 374. The van der Waals surface area contributed by atoms with E-state index in [1.165, 1.54) is 0 Å². The molecule has 1 aromatic rings. The highest BCUT2D eigenvalue weighted by atomic mass is 16.4. The van der Waals surface area contributed by atoms with Gasteiger partial charge in [-0.2, -0.15) is 0 Å². The van der Waals surface area contributed by atoms with E-state index in [0.717, 1.165) is 12.0 Å². The van der Waals surface area contributed by atoms with Gasteiger partial charge >= 0.3 is 5.97 Å². The van der Waals surface area contributed by atoms with Crippen molar-refractivity contribution in [1.82, 2.24) is 5.32 Å². The van der Waals surface area contributed by atoms with Gasteiger partial charge in [0, 0.05) is 5.56 Å². The van der Waals surface area contributed by atoms with Crippen molar-refractivity contribution in [3.8, 4) is 0 Å². The molecular weight excluding hydrogens is 194 g/mol. The zero-order valence-electron chi connectivity index (χ0n) is 8.49. The number of aliphatic carboxylic acids is 1. The van der Waals surface area contributed by atoms with Gasteiger partial charge in [0.15, 0.2) is 0 Å². The molecule has 1 rings (SSSR count). The molecule has 80 valence electrons. The Balaban J connectivity index is 2.69. The van der Waals surface area contributed by atoms with Gasteiger partial charge in [-0.05, 0) is 24.1 Å². The first-order valence-corrected chi connectivity index (χ1v) is 4.72. The lowest BCUT2D eigenvalue weighted by Crippen LogP contribution is -2.29. The fourth-order valence-electron chi connectivity index (χ4n) is 1.19. The van der Waals surface area contributed by atoms with Crippen LogP contribution in [-0.4, -0.2) is 23.5 Å². The van der Waals surface area contributed by atoms with Gasteiger partial charge in [0.25, 0.3) is 5.91 Å². The molecule has 0 fully saturated rings. The zero-order valence-corrected chi connectivity index (χ0v) is 8.49. The largest absolute Gasteiger partial charge is 0.480 e. The summed E-state index contributed by atoms with van der Waals surface area (Å²) in [5, 5.41) is 10.7. The number of hydrogen-bond donors (Lipinski definition) is 2. The maximum Gasteiger partial charge on any atom is 0.322 e. The van der Waals surface area contributed by atoms with E-state index in [4.69, 9.17) is 5.11 Å². The molecule has 0 aliphatic heterocycles. The minimum atomic E-state index is -1.05. The first kappa shape index (κ1) is 11.2. The van der Waals surface area contributed by atoms with Crippen LogP contribution in [0.3, 0.4) is 0 Å². The maximum absolute atomic E-state index is 11.4. The van der Waals surface area contributed by atoms with Crippen LogP contribution in [0, 0.1) is 0 Å². The highest BCUT2D eigenvalue weighted by Gasteiger charge is 2.06. The number of carboxylic acids is 1. The van der Waals surface area contributed by atoms with Gasteiger partial charge in [-0.1, -0.05) is 19.1 Å². The van der Waals surface area contributed by atoms with E-state index >= 15 is 0 Å². The van der Waals surface area contributed by atoms with E-state index in [0.29, 0.717) is 5.56 Å². The van der Waals surface area contributed by atoms with Crippen molar-refractivity contribution in [1.29, 1.82) is 0 Å². The predicted octanol–water partition coefficient (Wildman–Crippen LogP) is 1.06. The van der Waals surface area contributed by atoms with Crippen molar-refractivity contribution >= 4 is 11.9 Å². The van der Waals surface area contributed by atoms with Crippen LogP contribution in [0.1, 0.15) is 22.8 Å². The number of carbonyl (C=O) groups excluding carboxylic acids is 1. The van der Waals surface area contributed by atoms with Crippen LogP contribution < -0.4 is 5.32 Å². The third kappa shape index (κ3) is 3.42. The molecule has 0 aromatic heterocycles. The van der Waals surface area contributed by atoms with Crippen LogP contribution in [0.15, 0.2) is 24.3 Å². The molecule has 0 atom stereocenters. The Labute approximate surface area is 87.9 Å². The summed E-state index contributed by atoms with van der Waals surface area (Å²) in [6.07, 6.45) is 0.847. The molecule has 4 nitrogen and oxygen atoms in total. The number of carbonyl (C=O) groups is 2. The second kappa shape index (κ2) is 5.14. The molecule has 0 aliphatic carbocycles. The number of amides is 1. The van der Waals surface area contributed by atoms with Crippen molar-refractivity contribution in [2.24, 2.45) is 0 Å². The van der Waals surface area contributed by atoms with Gasteiger partial charge in [-0.25, -0.2) is 0 Å². The molecular formula is C11H13NO3. The monoisotopic (exact) mass is 207 g/mol. The zero-order chi connectivity index (χ0) is 11.3. The summed E-state index contributed by atoms with van der Waals surface area (Å²) in [4.78, 5) is 21.7. The summed E-state index contributed by atoms with van der Waals surface area (Å²) in [6, 6.07) is 7.13. The quantitative estimate of drug-likeness (QED) is 0.775. The molecule has 0 bridgehead atoms. The Morgan fingerprint density at radius 2 is 2.13 bits per heavy atom. The van der Waals surface area contributed by atoms with Gasteiger partial charge in [0.05, 0.1) is 0 Å². The van der Waals surface area contributed by atoms with E-state index in [9.17, 15) is 9.59 Å². The molecule has 0 aliphatic rings. The first-order valence-electron chi connectivity index (χ1n) is 4.72. The normalized spacial score (nSPS) is 9.67. The molecule has 4 heteroatoms. The molecule has 0 saturated heterocycles. The molecule has 1 amide bonds. The summed E-state index contributed by atoms with van der Waals surface area (Å²) in [5.41, 5.74) is 1.55. The first-order chi connectivity index (χ1) is 7.13. The van der Waals surface area contributed by atoms with Crippen LogP contribution in [0.4, 0.5) is 0 Å². The smallest absolute Gasteiger partial charge is 0.322 e. The third-order valence-electron chi connectivity index (χ3n) is 2.00. The standard InChI is InChI=1S/C11H13NO3/c1-2-8-4-3-5-9(6-8)11(15)12-7-10(13)14/h3-6H,2,7H2,1H3,(H,12,15)(H,13,14). The average Bonchev–Trinajstić information content (AvgIpc) is 2.26. The number of hydrogen-bond acceptors (Lipinski definition) is 2. The topological polar surface area (TPSA) is 66.4 Å². The average molecular weight is 207 g/mol. The minimum Gasteiger partial charge on any atom is -0.480 e. The highest BCUT2D eigenvalue weighted by Crippen LogP contribution is 2.05. The van der Waals surface area contributed by atoms with Crippen LogP contribution in [0.5, 0.6) is 0 Å². The Morgan fingerprint density at radius 1 is 1.40 bits per heavy atom. The van der Waals surface area contributed by atoms with Crippen molar-refractivity contribution in [3.05, 3.63) is 35.4 Å². The molecule has 0 heterocycles. The SMILES string of the molecule is CCc1cccc(C(=O)NCC(=O)O)c1. The van der Waals surface area contributed by atoms with Gasteiger partial charge in [-0.15, -0.1) is 0 Å². The molecule has 0 spiro atoms. The minimum absolute atomic E-state index is 0.352. The van der Waals surface area contributed by atoms with Crippen molar-refractivity contribution in [2.75, 3.05) is 6.54 Å². The third-order valence-corrected chi connectivity index (χ3v) is 2.00. The second-order valence-electron chi connectivity index (χ2n) is 3.13. The lowest BCUT2D eigenvalue weighted by molar-refractivity contribution is -0.135. The predicted molar refractivity (Wildman–Crippen MR) is 55.8 cm³/mol. The molecule has 0 radical (unpaired) electrons. The van der Waals surface area contributed by atoms with E-state index in [2.05, 4.69) is 5.32 Å². The van der Waals surface area contributed by atoms with E-state index in [1.807, 2.05) is 13.0 Å². The van der Waals surface area contributed by atoms with Crippen molar-refractivity contribution in [3.63, 3.8) is 0 Å². The lowest BCUT2D eigenvalue weighted by atomic mass is 10.1. The molecule has 0 unspecified atom stereocenters. The van der Waals surface area contributed by atoms with Gasteiger partial charge in [0.1, 0.15) is 6.54 Å². The lowest BCUT2D eigenvalue weighted by Gasteiger charge is -2.03. The van der Waals surface area contributed by atoms with E-state index in [-0.39, 0.29) is 12.5 Å². The number of aryl methyl sites for hydroxylation is 1. The number of benzene rings is 1. The van der Waals surface area contributed by atoms with Crippen molar-refractivity contribution in [2.45, 2.75) is 13.3 Å². The molecule has 15 heavy (non-hydrogen) atoms. The molecule has 2 N–H and O–H groups in total.